The Kier molecular flexibility index (Phi) is 3.83. The number of benzene rings is 2. The highest BCUT2D eigenvalue weighted by molar-refractivity contribution is 5.37. The molecule has 3 N–H and O–H groups in total. The van der Waals surface area contributed by atoms with Crippen LogP contribution in [0.1, 0.15) is 49.0 Å². The van der Waals surface area contributed by atoms with E-state index in [1.165, 1.54) is 16.7 Å². The summed E-state index contributed by atoms with van der Waals surface area (Å²) in [6.45, 7) is 5.52. The van der Waals surface area contributed by atoms with Gasteiger partial charge in [-0.05, 0) is 23.1 Å². The molecule has 3 rings (SSSR count). The number of fused-ring (bicyclic) bond motifs is 1. The normalized spacial score (nSPS) is 21.3. The fraction of sp³-hybridized carbons (Fsp3) is 0.368. The molecule has 2 aromatic carbocycles. The first-order valence-electron chi connectivity index (χ1n) is 7.71. The van der Waals surface area contributed by atoms with Gasteiger partial charge in [-0.3, -0.25) is 0 Å². The summed E-state index contributed by atoms with van der Waals surface area (Å²) in [5.41, 5.74) is 10.4. The molecule has 2 aromatic rings. The third-order valence-electron chi connectivity index (χ3n) is 4.61. The highest BCUT2D eigenvalue weighted by Gasteiger charge is 2.29. The maximum absolute atomic E-state index is 6.25. The van der Waals surface area contributed by atoms with E-state index in [-0.39, 0.29) is 11.5 Å². The number of nitrogens with two attached hydrogens (primary N) is 1. The van der Waals surface area contributed by atoms with Gasteiger partial charge in [0.15, 0.2) is 0 Å². The molecule has 21 heavy (non-hydrogen) atoms. The van der Waals surface area contributed by atoms with Crippen LogP contribution in [-0.2, 0) is 5.41 Å². The monoisotopic (exact) mass is 280 g/mol. The van der Waals surface area contributed by atoms with Crippen molar-refractivity contribution in [1.29, 1.82) is 0 Å². The Morgan fingerprint density at radius 1 is 1.00 bits per heavy atom. The standard InChI is InChI=1S/C19H24N2/c1-19(2,14-8-4-3-5-9-14)13-21-18-12-17(20)15-10-6-7-11-16(15)18/h3-11,17-18,21H,12-13,20H2,1-2H3. The number of hydrogen-bond donors (Lipinski definition) is 2. The van der Waals surface area contributed by atoms with Crippen molar-refractivity contribution < 1.29 is 0 Å². The van der Waals surface area contributed by atoms with Crippen molar-refractivity contribution in [1.82, 2.24) is 5.32 Å². The molecule has 0 bridgehead atoms. The molecule has 0 heterocycles. The van der Waals surface area contributed by atoms with E-state index in [1.807, 2.05) is 0 Å². The first kappa shape index (κ1) is 14.3. The molecule has 110 valence electrons. The molecule has 2 nitrogen and oxygen atoms in total. The van der Waals surface area contributed by atoms with Gasteiger partial charge in [-0.25, -0.2) is 0 Å². The topological polar surface area (TPSA) is 38.0 Å². The number of hydrogen-bond acceptors (Lipinski definition) is 2. The molecule has 0 saturated carbocycles. The van der Waals surface area contributed by atoms with Gasteiger partial charge in [0.25, 0.3) is 0 Å². The summed E-state index contributed by atoms with van der Waals surface area (Å²) in [6.07, 6.45) is 0.990. The quantitative estimate of drug-likeness (QED) is 0.896. The van der Waals surface area contributed by atoms with Crippen LogP contribution in [0.2, 0.25) is 0 Å². The van der Waals surface area contributed by atoms with Crippen molar-refractivity contribution in [2.75, 3.05) is 6.54 Å². The average molecular weight is 280 g/mol. The zero-order valence-electron chi connectivity index (χ0n) is 12.8. The molecule has 2 atom stereocenters. The van der Waals surface area contributed by atoms with Crippen LogP contribution in [-0.4, -0.2) is 6.54 Å². The highest BCUT2D eigenvalue weighted by Crippen LogP contribution is 2.37. The lowest BCUT2D eigenvalue weighted by Gasteiger charge is -2.28. The molecule has 1 aliphatic carbocycles. The van der Waals surface area contributed by atoms with Crippen LogP contribution in [0, 0.1) is 0 Å². The number of rotatable bonds is 4. The van der Waals surface area contributed by atoms with Crippen LogP contribution in [0.4, 0.5) is 0 Å². The molecule has 0 fully saturated rings. The zero-order valence-corrected chi connectivity index (χ0v) is 12.8. The fourth-order valence-electron chi connectivity index (χ4n) is 3.24. The van der Waals surface area contributed by atoms with E-state index in [4.69, 9.17) is 5.73 Å². The van der Waals surface area contributed by atoms with E-state index in [1.54, 1.807) is 0 Å². The summed E-state index contributed by atoms with van der Waals surface area (Å²) in [4.78, 5) is 0. The lowest BCUT2D eigenvalue weighted by atomic mass is 9.84. The SMILES string of the molecule is CC(C)(CNC1CC(N)c2ccccc21)c1ccccc1. The molecule has 0 aromatic heterocycles. The van der Waals surface area contributed by atoms with Gasteiger partial charge in [-0.15, -0.1) is 0 Å². The first-order chi connectivity index (χ1) is 10.1. The summed E-state index contributed by atoms with van der Waals surface area (Å²) in [5, 5.41) is 3.73. The molecule has 0 aliphatic heterocycles. The van der Waals surface area contributed by atoms with Crippen molar-refractivity contribution in [2.45, 2.75) is 37.8 Å². The summed E-state index contributed by atoms with van der Waals surface area (Å²) < 4.78 is 0. The highest BCUT2D eigenvalue weighted by atomic mass is 14.9. The van der Waals surface area contributed by atoms with Gasteiger partial charge in [0.1, 0.15) is 0 Å². The van der Waals surface area contributed by atoms with E-state index in [0.29, 0.717) is 6.04 Å². The minimum absolute atomic E-state index is 0.114. The second-order valence-corrected chi connectivity index (χ2v) is 6.65. The molecule has 0 spiro atoms. The minimum atomic E-state index is 0.114. The van der Waals surface area contributed by atoms with Gasteiger partial charge in [0.2, 0.25) is 0 Å². The van der Waals surface area contributed by atoms with Crippen LogP contribution in [0.3, 0.4) is 0 Å². The second kappa shape index (κ2) is 5.63. The van der Waals surface area contributed by atoms with Crippen molar-refractivity contribution in [3.8, 4) is 0 Å². The Morgan fingerprint density at radius 3 is 2.33 bits per heavy atom. The maximum atomic E-state index is 6.25. The zero-order chi connectivity index (χ0) is 14.9. The lowest BCUT2D eigenvalue weighted by Crippen LogP contribution is -2.34. The third-order valence-corrected chi connectivity index (χ3v) is 4.61. The van der Waals surface area contributed by atoms with Crippen molar-refractivity contribution in [3.05, 3.63) is 71.3 Å². The van der Waals surface area contributed by atoms with Gasteiger partial charge in [0, 0.05) is 24.0 Å². The molecular weight excluding hydrogens is 256 g/mol. The Morgan fingerprint density at radius 2 is 1.62 bits per heavy atom. The first-order valence-corrected chi connectivity index (χ1v) is 7.71. The number of nitrogens with one attached hydrogen (secondary N) is 1. The lowest BCUT2D eigenvalue weighted by molar-refractivity contribution is 0.411. The Labute approximate surface area is 127 Å². The second-order valence-electron chi connectivity index (χ2n) is 6.65. The van der Waals surface area contributed by atoms with Crippen LogP contribution in [0.5, 0.6) is 0 Å². The van der Waals surface area contributed by atoms with Gasteiger partial charge in [-0.1, -0.05) is 68.4 Å². The molecular formula is C19H24N2. The maximum Gasteiger partial charge on any atom is 0.0341 e. The molecule has 2 unspecified atom stereocenters. The van der Waals surface area contributed by atoms with Crippen molar-refractivity contribution >= 4 is 0 Å². The van der Waals surface area contributed by atoms with E-state index in [0.717, 1.165) is 13.0 Å². The predicted octanol–water partition coefficient (Wildman–Crippen LogP) is 3.70. The minimum Gasteiger partial charge on any atom is -0.324 e. The summed E-state index contributed by atoms with van der Waals surface area (Å²) in [6, 6.07) is 19.8. The van der Waals surface area contributed by atoms with Crippen LogP contribution in [0.25, 0.3) is 0 Å². The Balaban J connectivity index is 1.72. The summed E-state index contributed by atoms with van der Waals surface area (Å²) in [7, 11) is 0. The fourth-order valence-corrected chi connectivity index (χ4v) is 3.24. The predicted molar refractivity (Wildman–Crippen MR) is 88.2 cm³/mol. The van der Waals surface area contributed by atoms with E-state index in [9.17, 15) is 0 Å². The van der Waals surface area contributed by atoms with Crippen molar-refractivity contribution in [3.63, 3.8) is 0 Å². The van der Waals surface area contributed by atoms with Crippen LogP contribution < -0.4 is 11.1 Å². The van der Waals surface area contributed by atoms with Gasteiger partial charge in [0.05, 0.1) is 0 Å². The molecule has 1 aliphatic rings. The molecule has 2 heteroatoms. The Bertz CT molecular complexity index is 604. The van der Waals surface area contributed by atoms with Gasteiger partial charge < -0.3 is 11.1 Å². The van der Waals surface area contributed by atoms with Crippen LogP contribution in [0.15, 0.2) is 54.6 Å². The summed E-state index contributed by atoms with van der Waals surface area (Å²) in [5.74, 6) is 0. The smallest absolute Gasteiger partial charge is 0.0341 e. The van der Waals surface area contributed by atoms with Gasteiger partial charge in [-0.2, -0.15) is 0 Å². The van der Waals surface area contributed by atoms with Gasteiger partial charge >= 0.3 is 0 Å². The average Bonchev–Trinajstić information content (AvgIpc) is 2.83. The van der Waals surface area contributed by atoms with Crippen molar-refractivity contribution in [2.24, 2.45) is 5.73 Å². The molecule has 0 radical (unpaired) electrons. The van der Waals surface area contributed by atoms with E-state index in [2.05, 4.69) is 73.8 Å². The Hall–Kier alpha value is -1.64. The summed E-state index contributed by atoms with van der Waals surface area (Å²) >= 11 is 0. The van der Waals surface area contributed by atoms with Crippen LogP contribution >= 0.6 is 0 Å². The van der Waals surface area contributed by atoms with E-state index >= 15 is 0 Å². The molecule has 0 amide bonds. The molecule has 0 saturated heterocycles. The largest absolute Gasteiger partial charge is 0.324 e. The third kappa shape index (κ3) is 2.87. The van der Waals surface area contributed by atoms with E-state index < -0.39 is 0 Å².